The molecule has 0 atom stereocenters. The summed E-state index contributed by atoms with van der Waals surface area (Å²) in [6, 6.07) is 12.4. The van der Waals surface area contributed by atoms with E-state index in [-0.39, 0.29) is 11.8 Å². The first kappa shape index (κ1) is 22.9. The van der Waals surface area contributed by atoms with E-state index in [4.69, 9.17) is 9.26 Å². The Kier molecular flexibility index (Phi) is 7.03. The summed E-state index contributed by atoms with van der Waals surface area (Å²) in [4.78, 5) is 27.3. The summed E-state index contributed by atoms with van der Waals surface area (Å²) in [7, 11) is 0. The molecule has 2 amide bonds. The van der Waals surface area contributed by atoms with Crippen LogP contribution in [0, 0.1) is 20.8 Å². The summed E-state index contributed by atoms with van der Waals surface area (Å²) in [5.74, 6) is 3.17. The fourth-order valence-electron chi connectivity index (χ4n) is 3.65. The summed E-state index contributed by atoms with van der Waals surface area (Å²) < 4.78 is 10.9. The molecule has 0 radical (unpaired) electrons. The van der Waals surface area contributed by atoms with Crippen molar-refractivity contribution in [1.29, 1.82) is 0 Å². The van der Waals surface area contributed by atoms with E-state index in [1.54, 1.807) is 36.4 Å². The molecule has 0 bridgehead atoms. The van der Waals surface area contributed by atoms with Gasteiger partial charge < -0.3 is 19.5 Å². The van der Waals surface area contributed by atoms with Gasteiger partial charge in [-0.1, -0.05) is 5.16 Å². The normalized spacial score (nSPS) is 13.6. The molecule has 0 saturated carbocycles. The lowest BCUT2D eigenvalue weighted by molar-refractivity contribution is 0.0772. The van der Waals surface area contributed by atoms with Crippen molar-refractivity contribution in [2.24, 2.45) is 0 Å². The molecule has 4 rings (SSSR count). The topological polar surface area (TPSA) is 84.7 Å². The highest BCUT2D eigenvalue weighted by molar-refractivity contribution is 7.99. The molecule has 172 valence electrons. The van der Waals surface area contributed by atoms with E-state index in [9.17, 15) is 9.59 Å². The van der Waals surface area contributed by atoms with Crippen LogP contribution in [0.2, 0.25) is 0 Å². The minimum Gasteiger partial charge on any atom is -0.489 e. The molecule has 0 aliphatic carbocycles. The first-order chi connectivity index (χ1) is 15.9. The minimum absolute atomic E-state index is 0.0449. The standard InChI is InChI=1S/C25H27N3O4S/c1-16-14-20(25(30)28-10-12-33-13-11-28)6-9-23(16)26-24(29)19-4-7-21(8-5-19)31-15-22-17(2)27-32-18(22)3/h4-9,14H,10-13,15H2,1-3H3,(H,26,29). The lowest BCUT2D eigenvalue weighted by Gasteiger charge is -2.26. The second-order valence-corrected chi connectivity index (χ2v) is 9.23. The van der Waals surface area contributed by atoms with Gasteiger partial charge in [0.1, 0.15) is 18.1 Å². The number of rotatable bonds is 6. The molecule has 0 unspecified atom stereocenters. The monoisotopic (exact) mass is 465 g/mol. The smallest absolute Gasteiger partial charge is 0.255 e. The summed E-state index contributed by atoms with van der Waals surface area (Å²) in [5, 5.41) is 6.85. The third-order valence-electron chi connectivity index (χ3n) is 5.70. The van der Waals surface area contributed by atoms with Crippen LogP contribution < -0.4 is 10.1 Å². The molecule has 0 spiro atoms. The highest BCUT2D eigenvalue weighted by atomic mass is 32.2. The Morgan fingerprint density at radius 3 is 2.39 bits per heavy atom. The lowest BCUT2D eigenvalue weighted by atomic mass is 10.1. The SMILES string of the molecule is Cc1cc(C(=O)N2CCSCC2)ccc1NC(=O)c1ccc(OCc2c(C)noc2C)cc1. The molecule has 3 aromatic rings. The average molecular weight is 466 g/mol. The fraction of sp³-hybridized carbons (Fsp3) is 0.320. The second-order valence-electron chi connectivity index (χ2n) is 8.00. The van der Waals surface area contributed by atoms with Crippen LogP contribution in [0.1, 0.15) is 43.3 Å². The number of benzene rings is 2. The van der Waals surface area contributed by atoms with Crippen molar-refractivity contribution in [2.75, 3.05) is 29.9 Å². The van der Waals surface area contributed by atoms with Crippen molar-refractivity contribution in [3.8, 4) is 5.75 Å². The molecule has 7 nitrogen and oxygen atoms in total. The van der Waals surface area contributed by atoms with Crippen LogP contribution >= 0.6 is 11.8 Å². The first-order valence-corrected chi connectivity index (χ1v) is 12.0. The van der Waals surface area contributed by atoms with Gasteiger partial charge in [0, 0.05) is 41.4 Å². The number of hydrogen-bond donors (Lipinski definition) is 1. The minimum atomic E-state index is -0.220. The maximum absolute atomic E-state index is 12.7. The molecule has 1 aromatic heterocycles. The van der Waals surface area contributed by atoms with Crippen LogP contribution in [0.25, 0.3) is 0 Å². The van der Waals surface area contributed by atoms with Gasteiger partial charge in [-0.3, -0.25) is 9.59 Å². The molecule has 1 fully saturated rings. The quantitative estimate of drug-likeness (QED) is 0.572. The molecule has 1 aliphatic rings. The Hall–Kier alpha value is -3.26. The molecule has 33 heavy (non-hydrogen) atoms. The molecule has 1 saturated heterocycles. The number of aromatic nitrogens is 1. The molecular weight excluding hydrogens is 438 g/mol. The van der Waals surface area contributed by atoms with Crippen LogP contribution in [0.15, 0.2) is 47.0 Å². The van der Waals surface area contributed by atoms with Crippen molar-refractivity contribution in [3.63, 3.8) is 0 Å². The number of thioether (sulfide) groups is 1. The highest BCUT2D eigenvalue weighted by Gasteiger charge is 2.19. The highest BCUT2D eigenvalue weighted by Crippen LogP contribution is 2.22. The van der Waals surface area contributed by atoms with Crippen molar-refractivity contribution in [3.05, 3.63) is 76.2 Å². The van der Waals surface area contributed by atoms with Crippen LogP contribution in [0.4, 0.5) is 5.69 Å². The van der Waals surface area contributed by atoms with Gasteiger partial charge in [-0.25, -0.2) is 0 Å². The fourth-order valence-corrected chi connectivity index (χ4v) is 4.55. The van der Waals surface area contributed by atoms with Gasteiger partial charge in [-0.05, 0) is 68.8 Å². The van der Waals surface area contributed by atoms with E-state index in [0.717, 1.165) is 47.2 Å². The van der Waals surface area contributed by atoms with Crippen LogP contribution in [-0.2, 0) is 6.61 Å². The van der Waals surface area contributed by atoms with Gasteiger partial charge in [-0.15, -0.1) is 0 Å². The number of ether oxygens (including phenoxy) is 1. The first-order valence-electron chi connectivity index (χ1n) is 10.9. The Morgan fingerprint density at radius 2 is 1.76 bits per heavy atom. The van der Waals surface area contributed by atoms with Gasteiger partial charge in [0.05, 0.1) is 11.3 Å². The van der Waals surface area contributed by atoms with Gasteiger partial charge >= 0.3 is 0 Å². The molecule has 2 aromatic carbocycles. The molecule has 8 heteroatoms. The number of hydrogen-bond acceptors (Lipinski definition) is 6. The van der Waals surface area contributed by atoms with E-state index in [0.29, 0.717) is 29.2 Å². The number of aryl methyl sites for hydroxylation is 3. The number of nitrogens with zero attached hydrogens (tertiary/aromatic N) is 2. The van der Waals surface area contributed by atoms with Crippen molar-refractivity contribution in [1.82, 2.24) is 10.1 Å². The Balaban J connectivity index is 1.37. The van der Waals surface area contributed by atoms with E-state index in [2.05, 4.69) is 10.5 Å². The number of nitrogens with one attached hydrogen (secondary N) is 1. The van der Waals surface area contributed by atoms with Crippen LogP contribution in [0.3, 0.4) is 0 Å². The number of amides is 2. The second kappa shape index (κ2) is 10.1. The average Bonchev–Trinajstić information content (AvgIpc) is 3.16. The number of carbonyl (C=O) groups is 2. The third kappa shape index (κ3) is 5.39. The van der Waals surface area contributed by atoms with Gasteiger partial charge in [-0.2, -0.15) is 11.8 Å². The zero-order valence-electron chi connectivity index (χ0n) is 19.0. The Bertz CT molecular complexity index is 1130. The number of anilines is 1. The summed E-state index contributed by atoms with van der Waals surface area (Å²) in [5.41, 5.74) is 4.43. The Morgan fingerprint density at radius 1 is 1.06 bits per heavy atom. The van der Waals surface area contributed by atoms with E-state index >= 15 is 0 Å². The molecule has 1 N–H and O–H groups in total. The van der Waals surface area contributed by atoms with Crippen molar-refractivity contribution in [2.45, 2.75) is 27.4 Å². The summed E-state index contributed by atoms with van der Waals surface area (Å²) in [6.07, 6.45) is 0. The molecule has 1 aliphatic heterocycles. The van der Waals surface area contributed by atoms with Crippen LogP contribution in [-0.4, -0.2) is 46.5 Å². The number of carbonyl (C=O) groups excluding carboxylic acids is 2. The van der Waals surface area contributed by atoms with E-state index in [1.165, 1.54) is 0 Å². The maximum atomic E-state index is 12.7. The van der Waals surface area contributed by atoms with Crippen molar-refractivity contribution < 1.29 is 18.8 Å². The predicted octanol–water partition coefficient (Wildman–Crippen LogP) is 4.62. The van der Waals surface area contributed by atoms with Gasteiger partial charge in [0.15, 0.2) is 0 Å². The molecular formula is C25H27N3O4S. The van der Waals surface area contributed by atoms with E-state index < -0.39 is 0 Å². The molecule has 2 heterocycles. The third-order valence-corrected chi connectivity index (χ3v) is 6.64. The van der Waals surface area contributed by atoms with Gasteiger partial charge in [0.25, 0.3) is 11.8 Å². The largest absolute Gasteiger partial charge is 0.489 e. The zero-order chi connectivity index (χ0) is 23.4. The summed E-state index contributed by atoms with van der Waals surface area (Å²) in [6.45, 7) is 7.53. The van der Waals surface area contributed by atoms with Crippen molar-refractivity contribution >= 4 is 29.3 Å². The summed E-state index contributed by atoms with van der Waals surface area (Å²) >= 11 is 1.87. The van der Waals surface area contributed by atoms with Gasteiger partial charge in [0.2, 0.25) is 0 Å². The lowest BCUT2D eigenvalue weighted by Crippen LogP contribution is -2.37. The maximum Gasteiger partial charge on any atom is 0.255 e. The predicted molar refractivity (Wildman–Crippen MR) is 129 cm³/mol. The Labute approximate surface area is 197 Å². The van der Waals surface area contributed by atoms with E-state index in [1.807, 2.05) is 43.5 Å². The zero-order valence-corrected chi connectivity index (χ0v) is 19.8. The van der Waals surface area contributed by atoms with Crippen LogP contribution in [0.5, 0.6) is 5.75 Å².